The normalized spacial score (nSPS) is 25.1. The van der Waals surface area contributed by atoms with E-state index in [4.69, 9.17) is 0 Å². The molecule has 0 bridgehead atoms. The lowest BCUT2D eigenvalue weighted by Crippen LogP contribution is -2.48. The lowest BCUT2D eigenvalue weighted by Gasteiger charge is -2.30. The van der Waals surface area contributed by atoms with E-state index in [1.165, 1.54) is 0 Å². The molecule has 2 atom stereocenters. The van der Waals surface area contributed by atoms with Crippen LogP contribution < -0.4 is 10.6 Å². The monoisotopic (exact) mass is 276 g/mol. The molecule has 106 valence electrons. The number of hydrogen-bond acceptors (Lipinski definition) is 4. The largest absolute Gasteiger partial charge is 0.353 e. The van der Waals surface area contributed by atoms with Crippen molar-refractivity contribution in [2.24, 2.45) is 0 Å². The Morgan fingerprint density at radius 1 is 1.28 bits per heavy atom. The number of hydrogen-bond donors (Lipinski definition) is 2. The second-order valence-corrected chi connectivity index (χ2v) is 7.47. The summed E-state index contributed by atoms with van der Waals surface area (Å²) in [6.45, 7) is 3.64. The minimum Gasteiger partial charge on any atom is -0.353 e. The summed E-state index contributed by atoms with van der Waals surface area (Å²) < 4.78 is 24.5. The van der Waals surface area contributed by atoms with Crippen LogP contribution in [0.3, 0.4) is 0 Å². The van der Waals surface area contributed by atoms with Crippen molar-refractivity contribution >= 4 is 15.7 Å². The zero-order chi connectivity index (χ0) is 13.8. The van der Waals surface area contributed by atoms with E-state index < -0.39 is 26.7 Å². The molecule has 0 aromatic heterocycles. The SMILES string of the molecule is CNC1CCCCC1S(=O)(=O)CC(=O)NC(C)C. The summed E-state index contributed by atoms with van der Waals surface area (Å²) in [6.07, 6.45) is 3.50. The minimum atomic E-state index is -3.36. The summed E-state index contributed by atoms with van der Waals surface area (Å²) in [5, 5.41) is 5.27. The third-order valence-electron chi connectivity index (χ3n) is 3.32. The molecule has 1 amide bonds. The van der Waals surface area contributed by atoms with E-state index >= 15 is 0 Å². The number of sulfone groups is 1. The van der Waals surface area contributed by atoms with Gasteiger partial charge in [0.2, 0.25) is 5.91 Å². The average molecular weight is 276 g/mol. The van der Waals surface area contributed by atoms with Gasteiger partial charge in [-0.3, -0.25) is 4.79 Å². The fraction of sp³-hybridized carbons (Fsp3) is 0.917. The zero-order valence-electron chi connectivity index (χ0n) is 11.4. The van der Waals surface area contributed by atoms with Crippen molar-refractivity contribution in [3.05, 3.63) is 0 Å². The fourth-order valence-corrected chi connectivity index (χ4v) is 4.47. The van der Waals surface area contributed by atoms with Crippen LogP contribution in [0.15, 0.2) is 0 Å². The van der Waals surface area contributed by atoms with Crippen molar-refractivity contribution in [3.63, 3.8) is 0 Å². The van der Waals surface area contributed by atoms with Crippen molar-refractivity contribution in [1.82, 2.24) is 10.6 Å². The van der Waals surface area contributed by atoms with Crippen LogP contribution in [0.25, 0.3) is 0 Å². The summed E-state index contributed by atoms with van der Waals surface area (Å²) in [4.78, 5) is 11.6. The Hall–Kier alpha value is -0.620. The molecule has 6 heteroatoms. The first kappa shape index (κ1) is 15.4. The highest BCUT2D eigenvalue weighted by atomic mass is 32.2. The third-order valence-corrected chi connectivity index (χ3v) is 5.47. The molecular formula is C12H24N2O3S. The van der Waals surface area contributed by atoms with Gasteiger partial charge in [-0.1, -0.05) is 12.8 Å². The first-order chi connectivity index (χ1) is 8.36. The van der Waals surface area contributed by atoms with Crippen LogP contribution in [0.2, 0.25) is 0 Å². The molecule has 1 saturated carbocycles. The Morgan fingerprint density at radius 2 is 1.89 bits per heavy atom. The minimum absolute atomic E-state index is 0.0180. The molecule has 1 rings (SSSR count). The predicted molar refractivity (Wildman–Crippen MR) is 72.2 cm³/mol. The van der Waals surface area contributed by atoms with Gasteiger partial charge in [0.15, 0.2) is 9.84 Å². The van der Waals surface area contributed by atoms with Crippen molar-refractivity contribution in [3.8, 4) is 0 Å². The van der Waals surface area contributed by atoms with Crippen molar-refractivity contribution < 1.29 is 13.2 Å². The molecule has 0 aromatic carbocycles. The van der Waals surface area contributed by atoms with Gasteiger partial charge in [0.1, 0.15) is 5.75 Å². The molecule has 0 heterocycles. The lowest BCUT2D eigenvalue weighted by atomic mass is 9.95. The summed E-state index contributed by atoms with van der Waals surface area (Å²) in [7, 11) is -1.58. The van der Waals surface area contributed by atoms with Gasteiger partial charge in [-0.05, 0) is 33.7 Å². The Balaban J connectivity index is 2.69. The summed E-state index contributed by atoms with van der Waals surface area (Å²) in [5.41, 5.74) is 0. The zero-order valence-corrected chi connectivity index (χ0v) is 12.2. The average Bonchev–Trinajstić information content (AvgIpc) is 2.27. The molecule has 0 aromatic rings. The van der Waals surface area contributed by atoms with Gasteiger partial charge in [-0.15, -0.1) is 0 Å². The third kappa shape index (κ3) is 4.24. The summed E-state index contributed by atoms with van der Waals surface area (Å²) >= 11 is 0. The Labute approximate surface area is 110 Å². The topological polar surface area (TPSA) is 75.3 Å². The van der Waals surface area contributed by atoms with Crippen LogP contribution in [0.4, 0.5) is 0 Å². The van der Waals surface area contributed by atoms with Gasteiger partial charge in [0.05, 0.1) is 5.25 Å². The van der Waals surface area contributed by atoms with Gasteiger partial charge in [-0.25, -0.2) is 8.42 Å². The molecule has 1 aliphatic rings. The number of amides is 1. The van der Waals surface area contributed by atoms with Gasteiger partial charge in [0.25, 0.3) is 0 Å². The predicted octanol–water partition coefficient (Wildman–Crippen LogP) is 0.456. The molecule has 2 unspecified atom stereocenters. The van der Waals surface area contributed by atoms with E-state index in [0.29, 0.717) is 6.42 Å². The smallest absolute Gasteiger partial charge is 0.235 e. The highest BCUT2D eigenvalue weighted by Crippen LogP contribution is 2.24. The van der Waals surface area contributed by atoms with E-state index in [-0.39, 0.29) is 12.1 Å². The van der Waals surface area contributed by atoms with Crippen molar-refractivity contribution in [1.29, 1.82) is 0 Å². The standard InChI is InChI=1S/C12H24N2O3S/c1-9(2)14-12(15)8-18(16,17)11-7-5-4-6-10(11)13-3/h9-11,13H,4-8H2,1-3H3,(H,14,15). The summed E-state index contributed by atoms with van der Waals surface area (Å²) in [5.74, 6) is -0.793. The van der Waals surface area contributed by atoms with Crippen molar-refractivity contribution in [2.75, 3.05) is 12.8 Å². The number of nitrogens with one attached hydrogen (secondary N) is 2. The van der Waals surface area contributed by atoms with Gasteiger partial charge in [-0.2, -0.15) is 0 Å². The summed E-state index contributed by atoms with van der Waals surface area (Å²) in [6, 6.07) is -0.0465. The van der Waals surface area contributed by atoms with E-state index in [1.54, 1.807) is 7.05 Å². The maximum Gasteiger partial charge on any atom is 0.235 e. The fourth-order valence-electron chi connectivity index (χ4n) is 2.51. The van der Waals surface area contributed by atoms with Gasteiger partial charge < -0.3 is 10.6 Å². The molecule has 2 N–H and O–H groups in total. The molecule has 0 aliphatic heterocycles. The van der Waals surface area contributed by atoms with Crippen LogP contribution >= 0.6 is 0 Å². The molecule has 1 fully saturated rings. The Bertz CT molecular complexity index is 379. The maximum absolute atomic E-state index is 12.2. The molecule has 18 heavy (non-hydrogen) atoms. The van der Waals surface area contributed by atoms with Gasteiger partial charge in [0, 0.05) is 12.1 Å². The van der Waals surface area contributed by atoms with Gasteiger partial charge >= 0.3 is 0 Å². The van der Waals surface area contributed by atoms with Crippen LogP contribution in [-0.2, 0) is 14.6 Å². The highest BCUT2D eigenvalue weighted by molar-refractivity contribution is 7.92. The van der Waals surface area contributed by atoms with Crippen LogP contribution in [-0.4, -0.2) is 44.5 Å². The van der Waals surface area contributed by atoms with E-state index in [2.05, 4.69) is 10.6 Å². The highest BCUT2D eigenvalue weighted by Gasteiger charge is 2.35. The van der Waals surface area contributed by atoms with E-state index in [0.717, 1.165) is 19.3 Å². The maximum atomic E-state index is 12.2. The number of rotatable bonds is 5. The van der Waals surface area contributed by atoms with E-state index in [9.17, 15) is 13.2 Å². The second kappa shape index (κ2) is 6.52. The number of carbonyl (C=O) groups excluding carboxylic acids is 1. The Kier molecular flexibility index (Phi) is 5.59. The Morgan fingerprint density at radius 3 is 2.44 bits per heavy atom. The quantitative estimate of drug-likeness (QED) is 0.765. The van der Waals surface area contributed by atoms with E-state index in [1.807, 2.05) is 13.8 Å². The number of carbonyl (C=O) groups is 1. The lowest BCUT2D eigenvalue weighted by molar-refractivity contribution is -0.119. The molecule has 1 aliphatic carbocycles. The van der Waals surface area contributed by atoms with Crippen LogP contribution in [0.5, 0.6) is 0 Å². The molecule has 0 saturated heterocycles. The van der Waals surface area contributed by atoms with Crippen LogP contribution in [0.1, 0.15) is 39.5 Å². The first-order valence-corrected chi connectivity index (χ1v) is 8.26. The van der Waals surface area contributed by atoms with Crippen LogP contribution in [0, 0.1) is 0 Å². The molecular weight excluding hydrogens is 252 g/mol. The van der Waals surface area contributed by atoms with Crippen molar-refractivity contribution in [2.45, 2.75) is 56.9 Å². The molecule has 0 spiro atoms. The second-order valence-electron chi connectivity index (χ2n) is 5.25. The first-order valence-electron chi connectivity index (χ1n) is 6.55. The molecule has 5 nitrogen and oxygen atoms in total. The molecule has 0 radical (unpaired) electrons.